The average molecular weight is 255 g/mol. The van der Waals surface area contributed by atoms with E-state index in [0.717, 1.165) is 12.1 Å². The lowest BCUT2D eigenvalue weighted by Crippen LogP contribution is -2.32. The first-order chi connectivity index (χ1) is 8.70. The SMILES string of the molecule is CCNC(c1ccc(OC(F)F)cc1)C1CCC1. The van der Waals surface area contributed by atoms with Crippen LogP contribution in [0.4, 0.5) is 8.78 Å². The Labute approximate surface area is 106 Å². The summed E-state index contributed by atoms with van der Waals surface area (Å²) in [6.07, 6.45) is 3.78. The molecule has 100 valence electrons. The molecule has 0 heterocycles. The van der Waals surface area contributed by atoms with E-state index in [2.05, 4.69) is 17.0 Å². The molecule has 1 saturated carbocycles. The van der Waals surface area contributed by atoms with Crippen LogP contribution in [0, 0.1) is 5.92 Å². The molecule has 2 rings (SSSR count). The number of halogens is 2. The van der Waals surface area contributed by atoms with Gasteiger partial charge in [-0.15, -0.1) is 0 Å². The summed E-state index contributed by atoms with van der Waals surface area (Å²) >= 11 is 0. The average Bonchev–Trinajstić information content (AvgIpc) is 2.26. The van der Waals surface area contributed by atoms with Crippen molar-refractivity contribution in [1.29, 1.82) is 0 Å². The van der Waals surface area contributed by atoms with Gasteiger partial charge in [0, 0.05) is 6.04 Å². The van der Waals surface area contributed by atoms with Crippen molar-refractivity contribution in [3.05, 3.63) is 29.8 Å². The van der Waals surface area contributed by atoms with Gasteiger partial charge in [-0.05, 0) is 43.0 Å². The van der Waals surface area contributed by atoms with Gasteiger partial charge in [-0.25, -0.2) is 0 Å². The number of hydrogen-bond acceptors (Lipinski definition) is 2. The molecule has 0 spiro atoms. The molecule has 1 N–H and O–H groups in total. The van der Waals surface area contributed by atoms with Crippen molar-refractivity contribution in [3.8, 4) is 5.75 Å². The van der Waals surface area contributed by atoms with Crippen molar-refractivity contribution in [2.45, 2.75) is 38.8 Å². The molecule has 4 heteroatoms. The second kappa shape index (κ2) is 6.14. The van der Waals surface area contributed by atoms with Crippen LogP contribution in [-0.2, 0) is 0 Å². The monoisotopic (exact) mass is 255 g/mol. The number of hydrogen-bond donors (Lipinski definition) is 1. The van der Waals surface area contributed by atoms with E-state index in [4.69, 9.17) is 0 Å². The zero-order chi connectivity index (χ0) is 13.0. The maximum Gasteiger partial charge on any atom is 0.387 e. The van der Waals surface area contributed by atoms with Gasteiger partial charge in [0.15, 0.2) is 0 Å². The van der Waals surface area contributed by atoms with E-state index in [1.165, 1.54) is 19.3 Å². The Morgan fingerprint density at radius 2 is 1.94 bits per heavy atom. The Balaban J connectivity index is 2.05. The molecule has 0 radical (unpaired) electrons. The lowest BCUT2D eigenvalue weighted by atomic mass is 9.77. The van der Waals surface area contributed by atoms with Crippen LogP contribution in [0.5, 0.6) is 5.75 Å². The zero-order valence-corrected chi connectivity index (χ0v) is 10.5. The highest BCUT2D eigenvalue weighted by Gasteiger charge is 2.27. The normalized spacial score (nSPS) is 17.6. The Morgan fingerprint density at radius 1 is 1.28 bits per heavy atom. The minimum atomic E-state index is -2.76. The Hall–Kier alpha value is -1.16. The fraction of sp³-hybridized carbons (Fsp3) is 0.571. The summed E-state index contributed by atoms with van der Waals surface area (Å²) in [4.78, 5) is 0. The lowest BCUT2D eigenvalue weighted by molar-refractivity contribution is -0.0498. The number of benzene rings is 1. The highest BCUT2D eigenvalue weighted by atomic mass is 19.3. The van der Waals surface area contributed by atoms with Crippen LogP contribution in [0.1, 0.15) is 37.8 Å². The molecule has 1 aliphatic carbocycles. The predicted octanol–water partition coefficient (Wildman–Crippen LogP) is 3.74. The molecule has 1 aliphatic rings. The number of rotatable bonds is 6. The summed E-state index contributed by atoms with van der Waals surface area (Å²) in [5.74, 6) is 0.893. The van der Waals surface area contributed by atoms with Crippen molar-refractivity contribution in [2.75, 3.05) is 6.54 Å². The summed E-state index contributed by atoms with van der Waals surface area (Å²) < 4.78 is 28.5. The molecule has 1 atom stereocenters. The molecule has 0 bridgehead atoms. The third-order valence-corrected chi connectivity index (χ3v) is 3.51. The lowest BCUT2D eigenvalue weighted by Gasteiger charge is -2.34. The summed E-state index contributed by atoms with van der Waals surface area (Å²) in [6, 6.07) is 7.33. The molecule has 18 heavy (non-hydrogen) atoms. The van der Waals surface area contributed by atoms with E-state index in [1.807, 2.05) is 12.1 Å². The molecule has 0 saturated heterocycles. The smallest absolute Gasteiger partial charge is 0.387 e. The van der Waals surface area contributed by atoms with Crippen LogP contribution in [0.2, 0.25) is 0 Å². The minimum absolute atomic E-state index is 0.220. The van der Waals surface area contributed by atoms with Gasteiger partial charge in [0.1, 0.15) is 5.75 Å². The molecule has 1 aromatic rings. The van der Waals surface area contributed by atoms with Gasteiger partial charge >= 0.3 is 6.61 Å². The number of alkyl halides is 2. The summed E-state index contributed by atoms with van der Waals surface area (Å²) in [7, 11) is 0. The topological polar surface area (TPSA) is 21.3 Å². The molecule has 1 unspecified atom stereocenters. The first kappa shape index (κ1) is 13.3. The number of nitrogens with one attached hydrogen (secondary N) is 1. The van der Waals surface area contributed by atoms with Gasteiger partial charge in [0.25, 0.3) is 0 Å². The van der Waals surface area contributed by atoms with Gasteiger partial charge in [-0.2, -0.15) is 8.78 Å². The summed E-state index contributed by atoms with van der Waals surface area (Å²) in [5, 5.41) is 3.47. The van der Waals surface area contributed by atoms with Gasteiger partial charge in [0.2, 0.25) is 0 Å². The molecule has 0 aliphatic heterocycles. The van der Waals surface area contributed by atoms with E-state index >= 15 is 0 Å². The molecular formula is C14H19F2NO. The summed E-state index contributed by atoms with van der Waals surface area (Å²) in [6.45, 7) is 0.239. The molecule has 1 fully saturated rings. The van der Waals surface area contributed by atoms with Crippen LogP contribution in [0.15, 0.2) is 24.3 Å². The Bertz CT molecular complexity index is 363. The van der Waals surface area contributed by atoms with Gasteiger partial charge < -0.3 is 10.1 Å². The largest absolute Gasteiger partial charge is 0.435 e. The van der Waals surface area contributed by atoms with E-state index < -0.39 is 6.61 Å². The quantitative estimate of drug-likeness (QED) is 0.836. The predicted molar refractivity (Wildman–Crippen MR) is 66.8 cm³/mol. The standard InChI is InChI=1S/C14H19F2NO/c1-2-17-13(10-4-3-5-10)11-6-8-12(9-7-11)18-14(15)16/h6-10,13-14,17H,2-5H2,1H3. The van der Waals surface area contributed by atoms with Crippen molar-refractivity contribution in [1.82, 2.24) is 5.32 Å². The van der Waals surface area contributed by atoms with Gasteiger partial charge in [-0.1, -0.05) is 25.5 Å². The van der Waals surface area contributed by atoms with Crippen molar-refractivity contribution in [3.63, 3.8) is 0 Å². The van der Waals surface area contributed by atoms with Crippen LogP contribution < -0.4 is 10.1 Å². The fourth-order valence-corrected chi connectivity index (χ4v) is 2.41. The Kier molecular flexibility index (Phi) is 4.53. The van der Waals surface area contributed by atoms with Gasteiger partial charge in [0.05, 0.1) is 0 Å². The van der Waals surface area contributed by atoms with Crippen LogP contribution in [0.25, 0.3) is 0 Å². The van der Waals surface area contributed by atoms with E-state index in [9.17, 15) is 8.78 Å². The molecule has 1 aromatic carbocycles. The van der Waals surface area contributed by atoms with Crippen molar-refractivity contribution in [2.24, 2.45) is 5.92 Å². The molecule has 0 amide bonds. The third-order valence-electron chi connectivity index (χ3n) is 3.51. The van der Waals surface area contributed by atoms with Gasteiger partial charge in [-0.3, -0.25) is 0 Å². The van der Waals surface area contributed by atoms with E-state index in [0.29, 0.717) is 12.0 Å². The van der Waals surface area contributed by atoms with E-state index in [1.54, 1.807) is 12.1 Å². The second-order valence-corrected chi connectivity index (χ2v) is 4.67. The first-order valence-corrected chi connectivity index (χ1v) is 6.49. The first-order valence-electron chi connectivity index (χ1n) is 6.49. The van der Waals surface area contributed by atoms with Crippen LogP contribution >= 0.6 is 0 Å². The van der Waals surface area contributed by atoms with Crippen LogP contribution in [0.3, 0.4) is 0 Å². The third kappa shape index (κ3) is 3.19. The maximum atomic E-state index is 12.1. The highest BCUT2D eigenvalue weighted by molar-refractivity contribution is 5.29. The fourth-order valence-electron chi connectivity index (χ4n) is 2.41. The molecule has 2 nitrogen and oxygen atoms in total. The van der Waals surface area contributed by atoms with E-state index in [-0.39, 0.29) is 5.75 Å². The zero-order valence-electron chi connectivity index (χ0n) is 10.5. The van der Waals surface area contributed by atoms with Crippen LogP contribution in [-0.4, -0.2) is 13.2 Å². The second-order valence-electron chi connectivity index (χ2n) is 4.67. The van der Waals surface area contributed by atoms with Crippen molar-refractivity contribution < 1.29 is 13.5 Å². The molecular weight excluding hydrogens is 236 g/mol. The number of ether oxygens (including phenoxy) is 1. The summed E-state index contributed by atoms with van der Waals surface area (Å²) in [5.41, 5.74) is 1.16. The highest BCUT2D eigenvalue weighted by Crippen LogP contribution is 2.38. The Morgan fingerprint density at radius 3 is 2.39 bits per heavy atom. The molecule has 0 aromatic heterocycles. The van der Waals surface area contributed by atoms with Crippen molar-refractivity contribution >= 4 is 0 Å². The maximum absolute atomic E-state index is 12.1. The minimum Gasteiger partial charge on any atom is -0.435 e.